The molecule has 1 fully saturated rings. The van der Waals surface area contributed by atoms with E-state index in [1.165, 1.54) is 19.3 Å². The molecular formula is C11H18N4O. The number of H-pyrrole nitrogens is 1. The molecule has 0 aliphatic carbocycles. The molecule has 16 heavy (non-hydrogen) atoms. The summed E-state index contributed by atoms with van der Waals surface area (Å²) in [5.74, 6) is 0.442. The number of hydrogen-bond acceptors (Lipinski definition) is 4. The predicted octanol–water partition coefficient (Wildman–Crippen LogP) is 0.727. The number of nitrogens with one attached hydrogen (secondary N) is 1. The van der Waals surface area contributed by atoms with Gasteiger partial charge in [0.1, 0.15) is 5.82 Å². The Morgan fingerprint density at radius 3 is 3.12 bits per heavy atom. The maximum Gasteiger partial charge on any atom is 0.346 e. The van der Waals surface area contributed by atoms with Gasteiger partial charge in [-0.05, 0) is 26.3 Å². The van der Waals surface area contributed by atoms with E-state index < -0.39 is 0 Å². The maximum atomic E-state index is 10.9. The van der Waals surface area contributed by atoms with Gasteiger partial charge in [0.2, 0.25) is 0 Å². The molecule has 0 spiro atoms. The van der Waals surface area contributed by atoms with Gasteiger partial charge in [0, 0.05) is 24.3 Å². The SMILES string of the molecule is CC1CCCCN1Cc1cnc(=O)[nH]c1N. The van der Waals surface area contributed by atoms with Crippen LogP contribution in [0.5, 0.6) is 0 Å². The first-order chi connectivity index (χ1) is 7.66. The zero-order chi connectivity index (χ0) is 11.5. The van der Waals surface area contributed by atoms with Crippen molar-refractivity contribution in [3.8, 4) is 0 Å². The lowest BCUT2D eigenvalue weighted by Crippen LogP contribution is -2.37. The van der Waals surface area contributed by atoms with Gasteiger partial charge in [-0.1, -0.05) is 6.42 Å². The van der Waals surface area contributed by atoms with E-state index in [0.717, 1.165) is 18.7 Å². The van der Waals surface area contributed by atoms with Crippen molar-refractivity contribution in [2.24, 2.45) is 0 Å². The minimum absolute atomic E-state index is 0.382. The second kappa shape index (κ2) is 4.65. The Hall–Kier alpha value is -1.36. The van der Waals surface area contributed by atoms with E-state index in [2.05, 4.69) is 21.8 Å². The molecular weight excluding hydrogens is 204 g/mol. The number of rotatable bonds is 2. The summed E-state index contributed by atoms with van der Waals surface area (Å²) < 4.78 is 0. The lowest BCUT2D eigenvalue weighted by Gasteiger charge is -2.33. The van der Waals surface area contributed by atoms with Crippen molar-refractivity contribution < 1.29 is 0 Å². The Morgan fingerprint density at radius 2 is 2.44 bits per heavy atom. The van der Waals surface area contributed by atoms with Crippen LogP contribution in [-0.2, 0) is 6.54 Å². The highest BCUT2D eigenvalue weighted by Crippen LogP contribution is 2.19. The molecule has 1 atom stereocenters. The van der Waals surface area contributed by atoms with Crippen molar-refractivity contribution in [1.82, 2.24) is 14.9 Å². The van der Waals surface area contributed by atoms with Crippen LogP contribution in [0.15, 0.2) is 11.0 Å². The molecule has 1 aromatic heterocycles. The van der Waals surface area contributed by atoms with Crippen LogP contribution in [0.4, 0.5) is 5.82 Å². The molecule has 0 bridgehead atoms. The third-order valence-electron chi connectivity index (χ3n) is 3.24. The average molecular weight is 222 g/mol. The van der Waals surface area contributed by atoms with E-state index in [1.54, 1.807) is 6.20 Å². The van der Waals surface area contributed by atoms with Gasteiger partial charge in [-0.2, -0.15) is 0 Å². The van der Waals surface area contributed by atoms with Crippen LogP contribution < -0.4 is 11.4 Å². The monoisotopic (exact) mass is 222 g/mol. The molecule has 3 N–H and O–H groups in total. The topological polar surface area (TPSA) is 75.0 Å². The Bertz CT molecular complexity index is 415. The molecule has 2 heterocycles. The van der Waals surface area contributed by atoms with Crippen molar-refractivity contribution >= 4 is 5.82 Å². The first-order valence-electron chi connectivity index (χ1n) is 5.74. The van der Waals surface area contributed by atoms with Crippen molar-refractivity contribution in [2.45, 2.75) is 38.8 Å². The number of likely N-dealkylation sites (tertiary alicyclic amines) is 1. The standard InChI is InChI=1S/C11H18N4O/c1-8-4-2-3-5-15(8)7-9-6-13-11(16)14-10(9)12/h6,8H,2-5,7H2,1H3,(H3,12,13,14,16). The first kappa shape index (κ1) is 11.1. The summed E-state index contributed by atoms with van der Waals surface area (Å²) in [6, 6.07) is 0.583. The summed E-state index contributed by atoms with van der Waals surface area (Å²) in [4.78, 5) is 19.6. The second-order valence-electron chi connectivity index (χ2n) is 4.44. The molecule has 0 radical (unpaired) electrons. The van der Waals surface area contributed by atoms with Crippen LogP contribution in [0.25, 0.3) is 0 Å². The molecule has 0 aromatic carbocycles. The van der Waals surface area contributed by atoms with E-state index in [1.807, 2.05) is 0 Å². The fourth-order valence-electron chi connectivity index (χ4n) is 2.17. The number of aromatic nitrogens is 2. The summed E-state index contributed by atoms with van der Waals surface area (Å²) in [7, 11) is 0. The lowest BCUT2D eigenvalue weighted by atomic mass is 10.0. The third kappa shape index (κ3) is 2.41. The highest BCUT2D eigenvalue weighted by atomic mass is 16.1. The number of piperidine rings is 1. The zero-order valence-corrected chi connectivity index (χ0v) is 9.57. The molecule has 1 aliphatic rings. The van der Waals surface area contributed by atoms with E-state index in [4.69, 9.17) is 5.73 Å². The Kier molecular flexibility index (Phi) is 3.24. The van der Waals surface area contributed by atoms with Crippen molar-refractivity contribution in [2.75, 3.05) is 12.3 Å². The number of nitrogen functional groups attached to an aromatic ring is 1. The van der Waals surface area contributed by atoms with Crippen LogP contribution in [-0.4, -0.2) is 27.5 Å². The molecule has 5 heteroatoms. The Labute approximate surface area is 94.7 Å². The minimum atomic E-state index is -0.382. The maximum absolute atomic E-state index is 10.9. The fourth-order valence-corrected chi connectivity index (χ4v) is 2.17. The number of nitrogens with zero attached hydrogens (tertiary/aromatic N) is 2. The van der Waals surface area contributed by atoms with Crippen LogP contribution >= 0.6 is 0 Å². The van der Waals surface area contributed by atoms with E-state index >= 15 is 0 Å². The summed E-state index contributed by atoms with van der Waals surface area (Å²) in [6.45, 7) is 4.10. The normalized spacial score (nSPS) is 22.2. The molecule has 1 aliphatic heterocycles. The third-order valence-corrected chi connectivity index (χ3v) is 3.24. The molecule has 2 rings (SSSR count). The number of anilines is 1. The molecule has 1 aromatic rings. The highest BCUT2D eigenvalue weighted by Gasteiger charge is 2.19. The van der Waals surface area contributed by atoms with Crippen LogP contribution in [0, 0.1) is 0 Å². The van der Waals surface area contributed by atoms with Crippen molar-refractivity contribution in [3.63, 3.8) is 0 Å². The smallest absolute Gasteiger partial charge is 0.346 e. The van der Waals surface area contributed by atoms with Gasteiger partial charge in [-0.15, -0.1) is 0 Å². The quantitative estimate of drug-likeness (QED) is 0.773. The van der Waals surface area contributed by atoms with Gasteiger partial charge in [0.25, 0.3) is 0 Å². The van der Waals surface area contributed by atoms with Gasteiger partial charge < -0.3 is 5.73 Å². The van der Waals surface area contributed by atoms with Crippen LogP contribution in [0.2, 0.25) is 0 Å². The number of nitrogens with two attached hydrogens (primary N) is 1. The zero-order valence-electron chi connectivity index (χ0n) is 9.57. The van der Waals surface area contributed by atoms with Crippen molar-refractivity contribution in [3.05, 3.63) is 22.2 Å². The van der Waals surface area contributed by atoms with E-state index in [0.29, 0.717) is 11.9 Å². The molecule has 1 saturated heterocycles. The minimum Gasteiger partial charge on any atom is -0.385 e. The second-order valence-corrected chi connectivity index (χ2v) is 4.44. The van der Waals surface area contributed by atoms with Gasteiger partial charge in [0.05, 0.1) is 0 Å². The summed E-state index contributed by atoms with van der Waals surface area (Å²) in [6.07, 6.45) is 5.35. The fraction of sp³-hybridized carbons (Fsp3) is 0.636. The van der Waals surface area contributed by atoms with Crippen molar-refractivity contribution in [1.29, 1.82) is 0 Å². The molecule has 5 nitrogen and oxygen atoms in total. The number of aromatic amines is 1. The van der Waals surface area contributed by atoms with E-state index in [-0.39, 0.29) is 5.69 Å². The molecule has 88 valence electrons. The highest BCUT2D eigenvalue weighted by molar-refractivity contribution is 5.36. The van der Waals surface area contributed by atoms with E-state index in [9.17, 15) is 4.79 Å². The average Bonchev–Trinajstić information content (AvgIpc) is 2.25. The van der Waals surface area contributed by atoms with Gasteiger partial charge in [-0.25, -0.2) is 9.78 Å². The van der Waals surface area contributed by atoms with Gasteiger partial charge in [0.15, 0.2) is 0 Å². The van der Waals surface area contributed by atoms with Crippen LogP contribution in [0.3, 0.4) is 0 Å². The summed E-state index contributed by atoms with van der Waals surface area (Å²) >= 11 is 0. The predicted molar refractivity (Wildman–Crippen MR) is 63.0 cm³/mol. The largest absolute Gasteiger partial charge is 0.385 e. The summed E-state index contributed by atoms with van der Waals surface area (Å²) in [5, 5.41) is 0. The molecule has 1 unspecified atom stereocenters. The Balaban J connectivity index is 2.10. The summed E-state index contributed by atoms with van der Waals surface area (Å²) in [5.41, 5.74) is 6.29. The lowest BCUT2D eigenvalue weighted by molar-refractivity contribution is 0.152. The first-order valence-corrected chi connectivity index (χ1v) is 5.74. The number of hydrogen-bond donors (Lipinski definition) is 2. The van der Waals surface area contributed by atoms with Gasteiger partial charge in [-0.3, -0.25) is 9.88 Å². The molecule has 0 amide bonds. The van der Waals surface area contributed by atoms with Gasteiger partial charge >= 0.3 is 5.69 Å². The Morgan fingerprint density at radius 1 is 1.62 bits per heavy atom. The molecule has 0 saturated carbocycles. The van der Waals surface area contributed by atoms with Crippen LogP contribution in [0.1, 0.15) is 31.7 Å².